The zero-order valence-electron chi connectivity index (χ0n) is 19.8. The first-order valence-corrected chi connectivity index (χ1v) is 11.0. The number of carbonyl (C=O) groups is 6. The molecule has 0 heterocycles. The number of hydrogen-bond donors (Lipinski definition) is 9. The van der Waals surface area contributed by atoms with Crippen LogP contribution in [0.2, 0.25) is 0 Å². The summed E-state index contributed by atoms with van der Waals surface area (Å²) in [5.41, 5.74) is 10.9. The molecule has 0 aliphatic heterocycles. The van der Waals surface area contributed by atoms with Gasteiger partial charge in [0.15, 0.2) is 0 Å². The van der Waals surface area contributed by atoms with Crippen LogP contribution >= 0.6 is 0 Å². The van der Waals surface area contributed by atoms with Gasteiger partial charge in [0.05, 0.1) is 19.1 Å². The number of carboxylic acids is 2. The number of nitrogens with one attached hydrogen (secondary N) is 4. The number of aliphatic carboxylic acids is 2. The lowest BCUT2D eigenvalue weighted by atomic mass is 10.0. The highest BCUT2D eigenvalue weighted by Crippen LogP contribution is 2.07. The van der Waals surface area contributed by atoms with Gasteiger partial charge in [-0.2, -0.15) is 0 Å². The van der Waals surface area contributed by atoms with Gasteiger partial charge in [-0.15, -0.1) is 0 Å². The highest BCUT2D eigenvalue weighted by Gasteiger charge is 2.32. The molecular weight excluding hydrogens is 468 g/mol. The molecule has 0 aromatic heterocycles. The summed E-state index contributed by atoms with van der Waals surface area (Å²) < 4.78 is 0. The third-order valence-corrected chi connectivity index (χ3v) is 4.79. The van der Waals surface area contributed by atoms with E-state index in [0.717, 1.165) is 0 Å². The van der Waals surface area contributed by atoms with Gasteiger partial charge in [-0.05, 0) is 31.7 Å². The van der Waals surface area contributed by atoms with Gasteiger partial charge in [0, 0.05) is 0 Å². The molecule has 0 unspecified atom stereocenters. The van der Waals surface area contributed by atoms with Crippen molar-refractivity contribution in [3.63, 3.8) is 0 Å². The van der Waals surface area contributed by atoms with Gasteiger partial charge in [0.1, 0.15) is 24.7 Å². The van der Waals surface area contributed by atoms with Crippen molar-refractivity contribution in [2.45, 2.75) is 63.7 Å². The standard InChI is InChI=1S/C20H36N6O9/c1-10(2)16(26-19(34)13(9-27)25-17(32)11(22)7-14(28)29)20(35)24-12(5-3-4-6-21)18(33)23-8-15(30)31/h10-13,16,27H,3-9,21-22H2,1-2H3,(H,23,33)(H,24,35)(H,25,32)(H,26,34)(H,28,29)(H,30,31)/t11-,12-,13-,16-/m0/s1. The van der Waals surface area contributed by atoms with Gasteiger partial charge < -0.3 is 48.1 Å². The first kappa shape index (κ1) is 31.7. The summed E-state index contributed by atoms with van der Waals surface area (Å²) in [5, 5.41) is 36.2. The van der Waals surface area contributed by atoms with E-state index in [-0.39, 0.29) is 6.42 Å². The molecule has 15 heteroatoms. The third-order valence-electron chi connectivity index (χ3n) is 4.79. The second kappa shape index (κ2) is 16.3. The van der Waals surface area contributed by atoms with Crippen LogP contribution in [-0.2, 0) is 28.8 Å². The Balaban J connectivity index is 5.35. The first-order valence-electron chi connectivity index (χ1n) is 11.0. The van der Waals surface area contributed by atoms with Gasteiger partial charge in [0.25, 0.3) is 0 Å². The Morgan fingerprint density at radius 1 is 0.800 bits per heavy atom. The van der Waals surface area contributed by atoms with Gasteiger partial charge in [-0.1, -0.05) is 13.8 Å². The molecule has 0 radical (unpaired) electrons. The van der Waals surface area contributed by atoms with Crippen molar-refractivity contribution in [3.8, 4) is 0 Å². The molecule has 0 saturated heterocycles. The molecule has 0 rings (SSSR count). The van der Waals surface area contributed by atoms with E-state index in [1.54, 1.807) is 13.8 Å². The van der Waals surface area contributed by atoms with Crippen molar-refractivity contribution < 1.29 is 44.1 Å². The molecule has 4 amide bonds. The Kier molecular flexibility index (Phi) is 14.8. The molecule has 0 spiro atoms. The van der Waals surface area contributed by atoms with E-state index in [9.17, 15) is 33.9 Å². The number of carboxylic acid groups (broad SMARTS) is 2. The number of carbonyl (C=O) groups excluding carboxylic acids is 4. The quantitative estimate of drug-likeness (QED) is 0.0867. The van der Waals surface area contributed by atoms with Crippen LogP contribution in [0.25, 0.3) is 0 Å². The van der Waals surface area contributed by atoms with E-state index in [1.165, 1.54) is 0 Å². The van der Waals surface area contributed by atoms with E-state index >= 15 is 0 Å². The molecule has 0 aliphatic carbocycles. The van der Waals surface area contributed by atoms with Crippen molar-refractivity contribution in [2.24, 2.45) is 17.4 Å². The predicted molar refractivity (Wildman–Crippen MR) is 121 cm³/mol. The number of aliphatic hydroxyl groups excluding tert-OH is 1. The normalized spacial score (nSPS) is 14.2. The SMILES string of the molecule is CC(C)[C@H](NC(=O)[C@H](CO)NC(=O)[C@@H](N)CC(=O)O)C(=O)N[C@@H](CCCCN)C(=O)NCC(=O)O. The molecule has 4 atom stereocenters. The summed E-state index contributed by atoms with van der Waals surface area (Å²) in [6.45, 7) is 2.06. The van der Waals surface area contributed by atoms with Crippen molar-refractivity contribution in [1.29, 1.82) is 0 Å². The predicted octanol–water partition coefficient (Wildman–Crippen LogP) is -3.78. The van der Waals surface area contributed by atoms with Crippen LogP contribution in [0.15, 0.2) is 0 Å². The number of amides is 4. The fourth-order valence-corrected chi connectivity index (χ4v) is 2.85. The number of aliphatic hydroxyl groups is 1. The topological polar surface area (TPSA) is 263 Å². The summed E-state index contributed by atoms with van der Waals surface area (Å²) in [7, 11) is 0. The number of nitrogens with two attached hydrogens (primary N) is 2. The minimum Gasteiger partial charge on any atom is -0.481 e. The third kappa shape index (κ3) is 12.7. The highest BCUT2D eigenvalue weighted by atomic mass is 16.4. The number of unbranched alkanes of at least 4 members (excludes halogenated alkanes) is 1. The fourth-order valence-electron chi connectivity index (χ4n) is 2.85. The Labute approximate surface area is 202 Å². The Morgan fingerprint density at radius 3 is 1.89 bits per heavy atom. The minimum atomic E-state index is -1.52. The van der Waals surface area contributed by atoms with Gasteiger partial charge in [0.2, 0.25) is 23.6 Å². The molecule has 11 N–H and O–H groups in total. The second-order valence-electron chi connectivity index (χ2n) is 8.14. The van der Waals surface area contributed by atoms with Crippen LogP contribution in [0.5, 0.6) is 0 Å². The van der Waals surface area contributed by atoms with E-state index in [4.69, 9.17) is 21.7 Å². The summed E-state index contributed by atoms with van der Waals surface area (Å²) in [6, 6.07) is -5.26. The molecule has 0 aliphatic rings. The Hall–Kier alpha value is -3.30. The highest BCUT2D eigenvalue weighted by molar-refractivity contribution is 5.95. The lowest BCUT2D eigenvalue weighted by molar-refractivity contribution is -0.140. The Bertz CT molecular complexity index is 761. The smallest absolute Gasteiger partial charge is 0.322 e. The monoisotopic (exact) mass is 504 g/mol. The van der Waals surface area contributed by atoms with Crippen molar-refractivity contribution in [1.82, 2.24) is 21.3 Å². The molecular formula is C20H36N6O9. The van der Waals surface area contributed by atoms with Gasteiger partial charge in [-0.25, -0.2) is 0 Å². The maximum atomic E-state index is 12.9. The largest absolute Gasteiger partial charge is 0.481 e. The summed E-state index contributed by atoms with van der Waals surface area (Å²) in [4.78, 5) is 71.3. The summed E-state index contributed by atoms with van der Waals surface area (Å²) >= 11 is 0. The van der Waals surface area contributed by atoms with E-state index in [0.29, 0.717) is 19.4 Å². The van der Waals surface area contributed by atoms with Crippen LogP contribution in [0.1, 0.15) is 39.5 Å². The minimum absolute atomic E-state index is 0.171. The van der Waals surface area contributed by atoms with Crippen molar-refractivity contribution >= 4 is 35.6 Å². The van der Waals surface area contributed by atoms with Gasteiger partial charge in [-0.3, -0.25) is 28.8 Å². The maximum Gasteiger partial charge on any atom is 0.322 e. The molecule has 0 aromatic carbocycles. The maximum absolute atomic E-state index is 12.9. The lowest BCUT2D eigenvalue weighted by Gasteiger charge is -2.27. The molecule has 200 valence electrons. The zero-order valence-corrected chi connectivity index (χ0v) is 19.8. The molecule has 0 fully saturated rings. The van der Waals surface area contributed by atoms with E-state index in [1.807, 2.05) is 0 Å². The summed E-state index contributed by atoms with van der Waals surface area (Å²) in [6.07, 6.45) is 0.503. The number of rotatable bonds is 17. The van der Waals surface area contributed by atoms with Crippen molar-refractivity contribution in [3.05, 3.63) is 0 Å². The summed E-state index contributed by atoms with van der Waals surface area (Å²) in [5.74, 6) is -6.48. The Morgan fingerprint density at radius 2 is 1.40 bits per heavy atom. The van der Waals surface area contributed by atoms with Gasteiger partial charge >= 0.3 is 11.9 Å². The van der Waals surface area contributed by atoms with Crippen LogP contribution < -0.4 is 32.7 Å². The fraction of sp³-hybridized carbons (Fsp3) is 0.700. The van der Waals surface area contributed by atoms with Crippen LogP contribution in [0.3, 0.4) is 0 Å². The van der Waals surface area contributed by atoms with E-state index < -0.39 is 85.2 Å². The lowest BCUT2D eigenvalue weighted by Crippen LogP contribution is -2.60. The van der Waals surface area contributed by atoms with Crippen LogP contribution in [-0.4, -0.2) is 94.8 Å². The second-order valence-corrected chi connectivity index (χ2v) is 8.14. The average Bonchev–Trinajstić information content (AvgIpc) is 2.77. The average molecular weight is 505 g/mol. The first-order chi connectivity index (χ1) is 16.3. The van der Waals surface area contributed by atoms with Crippen molar-refractivity contribution in [2.75, 3.05) is 19.7 Å². The van der Waals surface area contributed by atoms with Crippen LogP contribution in [0, 0.1) is 5.92 Å². The molecule has 0 saturated carbocycles. The van der Waals surface area contributed by atoms with Crippen LogP contribution in [0.4, 0.5) is 0 Å². The molecule has 0 bridgehead atoms. The molecule has 15 nitrogen and oxygen atoms in total. The molecule has 35 heavy (non-hydrogen) atoms. The molecule has 0 aromatic rings. The number of hydrogen-bond acceptors (Lipinski definition) is 9. The zero-order chi connectivity index (χ0) is 27.1. The van der Waals surface area contributed by atoms with E-state index in [2.05, 4.69) is 21.3 Å².